The van der Waals surface area contributed by atoms with Crippen LogP contribution in [0.3, 0.4) is 0 Å². The molecular formula is C15H19N3O2. The van der Waals surface area contributed by atoms with Gasteiger partial charge in [0.1, 0.15) is 5.82 Å². The van der Waals surface area contributed by atoms with Crippen molar-refractivity contribution in [2.45, 2.75) is 32.4 Å². The normalized spacial score (nSPS) is 19.8. The Morgan fingerprint density at radius 1 is 1.50 bits per heavy atom. The standard InChI is InChI=1S/C15H19N3O2/c1-10-4-2-6-12-14(10)16-13(17-15(12)20)8-18-7-3-5-11(18)9-19/h2,4,6,11,19H,3,5,7-9H2,1H3,(H,16,17,20)/t11-/m0/s1. The number of likely N-dealkylation sites (tertiary alicyclic amines) is 1. The summed E-state index contributed by atoms with van der Waals surface area (Å²) in [6.45, 7) is 3.66. The molecule has 1 aromatic heterocycles. The number of rotatable bonds is 3. The Balaban J connectivity index is 1.96. The summed E-state index contributed by atoms with van der Waals surface area (Å²) in [5.74, 6) is 0.678. The fourth-order valence-electron chi connectivity index (χ4n) is 2.93. The van der Waals surface area contributed by atoms with Crippen LogP contribution in [0.15, 0.2) is 23.0 Å². The highest BCUT2D eigenvalue weighted by atomic mass is 16.3. The van der Waals surface area contributed by atoms with Crippen molar-refractivity contribution in [3.8, 4) is 0 Å². The van der Waals surface area contributed by atoms with Gasteiger partial charge in [-0.1, -0.05) is 12.1 Å². The van der Waals surface area contributed by atoms with Crippen LogP contribution in [0.1, 0.15) is 24.2 Å². The smallest absolute Gasteiger partial charge is 0.258 e. The number of nitrogens with zero attached hydrogens (tertiary/aromatic N) is 2. The molecule has 106 valence electrons. The van der Waals surface area contributed by atoms with Crippen molar-refractivity contribution in [2.75, 3.05) is 13.2 Å². The second kappa shape index (κ2) is 5.34. The van der Waals surface area contributed by atoms with E-state index in [0.29, 0.717) is 17.8 Å². The molecule has 0 radical (unpaired) electrons. The van der Waals surface area contributed by atoms with Crippen molar-refractivity contribution in [1.29, 1.82) is 0 Å². The zero-order chi connectivity index (χ0) is 14.1. The molecule has 1 aromatic carbocycles. The van der Waals surface area contributed by atoms with Crippen molar-refractivity contribution in [3.05, 3.63) is 39.9 Å². The van der Waals surface area contributed by atoms with E-state index in [0.717, 1.165) is 30.5 Å². The summed E-state index contributed by atoms with van der Waals surface area (Å²) in [5, 5.41) is 9.98. The molecule has 0 aliphatic carbocycles. The first-order valence-electron chi connectivity index (χ1n) is 7.02. The number of aryl methyl sites for hydroxylation is 1. The van der Waals surface area contributed by atoms with E-state index in [1.165, 1.54) is 0 Å². The minimum atomic E-state index is -0.0894. The quantitative estimate of drug-likeness (QED) is 0.881. The number of aromatic amines is 1. The molecule has 0 unspecified atom stereocenters. The van der Waals surface area contributed by atoms with Crippen LogP contribution >= 0.6 is 0 Å². The first-order chi connectivity index (χ1) is 9.69. The highest BCUT2D eigenvalue weighted by molar-refractivity contribution is 5.80. The van der Waals surface area contributed by atoms with Gasteiger partial charge in [-0.05, 0) is 37.9 Å². The van der Waals surface area contributed by atoms with Gasteiger partial charge in [0.15, 0.2) is 0 Å². The van der Waals surface area contributed by atoms with E-state index >= 15 is 0 Å². The fourth-order valence-corrected chi connectivity index (χ4v) is 2.93. The summed E-state index contributed by atoms with van der Waals surface area (Å²) in [5.41, 5.74) is 1.69. The van der Waals surface area contributed by atoms with Gasteiger partial charge >= 0.3 is 0 Å². The van der Waals surface area contributed by atoms with Crippen LogP contribution in [-0.2, 0) is 6.54 Å². The van der Waals surface area contributed by atoms with E-state index in [-0.39, 0.29) is 18.2 Å². The molecule has 0 saturated carbocycles. The van der Waals surface area contributed by atoms with Crippen molar-refractivity contribution >= 4 is 10.9 Å². The Hall–Kier alpha value is -1.72. The topological polar surface area (TPSA) is 69.2 Å². The maximum absolute atomic E-state index is 12.1. The fraction of sp³-hybridized carbons (Fsp3) is 0.467. The lowest BCUT2D eigenvalue weighted by Gasteiger charge is -2.21. The van der Waals surface area contributed by atoms with Crippen molar-refractivity contribution in [2.24, 2.45) is 0 Å². The molecule has 2 N–H and O–H groups in total. The molecule has 1 aliphatic heterocycles. The predicted molar refractivity (Wildman–Crippen MR) is 77.6 cm³/mol. The Morgan fingerprint density at radius 3 is 3.15 bits per heavy atom. The van der Waals surface area contributed by atoms with E-state index in [2.05, 4.69) is 14.9 Å². The third kappa shape index (κ3) is 2.34. The van der Waals surface area contributed by atoms with Crippen LogP contribution in [0.5, 0.6) is 0 Å². The molecular weight excluding hydrogens is 254 g/mol. The molecule has 20 heavy (non-hydrogen) atoms. The van der Waals surface area contributed by atoms with E-state index in [9.17, 15) is 9.90 Å². The number of aromatic nitrogens is 2. The van der Waals surface area contributed by atoms with Crippen LogP contribution < -0.4 is 5.56 Å². The Bertz CT molecular complexity index is 680. The predicted octanol–water partition coefficient (Wildman–Crippen LogP) is 1.19. The summed E-state index contributed by atoms with van der Waals surface area (Å²) >= 11 is 0. The minimum absolute atomic E-state index is 0.0894. The average Bonchev–Trinajstić information content (AvgIpc) is 2.87. The van der Waals surface area contributed by atoms with Gasteiger partial charge in [-0.15, -0.1) is 0 Å². The molecule has 5 nitrogen and oxygen atoms in total. The van der Waals surface area contributed by atoms with Gasteiger partial charge < -0.3 is 10.1 Å². The van der Waals surface area contributed by atoms with Gasteiger partial charge in [-0.3, -0.25) is 9.69 Å². The molecule has 1 atom stereocenters. The van der Waals surface area contributed by atoms with E-state index in [1.807, 2.05) is 19.1 Å². The number of fused-ring (bicyclic) bond motifs is 1. The molecule has 2 aromatic rings. The third-order valence-corrected chi connectivity index (χ3v) is 4.05. The monoisotopic (exact) mass is 273 g/mol. The van der Waals surface area contributed by atoms with E-state index < -0.39 is 0 Å². The largest absolute Gasteiger partial charge is 0.395 e. The maximum Gasteiger partial charge on any atom is 0.258 e. The highest BCUT2D eigenvalue weighted by Crippen LogP contribution is 2.19. The molecule has 0 bridgehead atoms. The zero-order valence-electron chi connectivity index (χ0n) is 11.6. The zero-order valence-corrected chi connectivity index (χ0v) is 11.6. The van der Waals surface area contributed by atoms with Crippen LogP contribution in [-0.4, -0.2) is 39.2 Å². The van der Waals surface area contributed by atoms with Crippen molar-refractivity contribution in [1.82, 2.24) is 14.9 Å². The molecule has 2 heterocycles. The first-order valence-corrected chi connectivity index (χ1v) is 7.02. The summed E-state index contributed by atoms with van der Waals surface area (Å²) in [6.07, 6.45) is 2.09. The van der Waals surface area contributed by atoms with Crippen molar-refractivity contribution in [3.63, 3.8) is 0 Å². The number of aliphatic hydroxyl groups is 1. The lowest BCUT2D eigenvalue weighted by molar-refractivity contribution is 0.151. The molecule has 0 amide bonds. The van der Waals surface area contributed by atoms with Gasteiger partial charge in [-0.2, -0.15) is 0 Å². The third-order valence-electron chi connectivity index (χ3n) is 4.05. The lowest BCUT2D eigenvalue weighted by atomic mass is 10.1. The van der Waals surface area contributed by atoms with Crippen LogP contribution in [0.2, 0.25) is 0 Å². The number of aliphatic hydroxyl groups excluding tert-OH is 1. The number of hydrogen-bond acceptors (Lipinski definition) is 4. The van der Waals surface area contributed by atoms with Gasteiger partial charge in [0.2, 0.25) is 0 Å². The Kier molecular flexibility index (Phi) is 3.54. The molecule has 3 rings (SSSR count). The average molecular weight is 273 g/mol. The second-order valence-electron chi connectivity index (χ2n) is 5.43. The highest BCUT2D eigenvalue weighted by Gasteiger charge is 2.24. The number of para-hydroxylation sites is 1. The number of hydrogen-bond donors (Lipinski definition) is 2. The minimum Gasteiger partial charge on any atom is -0.395 e. The van der Waals surface area contributed by atoms with Gasteiger partial charge in [0, 0.05) is 6.04 Å². The summed E-state index contributed by atoms with van der Waals surface area (Å²) in [7, 11) is 0. The van der Waals surface area contributed by atoms with E-state index in [1.54, 1.807) is 6.07 Å². The molecule has 1 aliphatic rings. The number of nitrogens with one attached hydrogen (secondary N) is 1. The molecule has 1 fully saturated rings. The summed E-state index contributed by atoms with van der Waals surface area (Å²) in [4.78, 5) is 21.7. The van der Waals surface area contributed by atoms with Crippen LogP contribution in [0.4, 0.5) is 0 Å². The Labute approximate surface area is 117 Å². The van der Waals surface area contributed by atoms with Gasteiger partial charge in [0.25, 0.3) is 5.56 Å². The molecule has 1 saturated heterocycles. The Morgan fingerprint density at radius 2 is 2.35 bits per heavy atom. The summed E-state index contributed by atoms with van der Waals surface area (Å²) in [6, 6.07) is 5.82. The number of benzene rings is 1. The first kappa shape index (κ1) is 13.3. The maximum atomic E-state index is 12.1. The molecule has 5 heteroatoms. The van der Waals surface area contributed by atoms with Crippen molar-refractivity contribution < 1.29 is 5.11 Å². The number of H-pyrrole nitrogens is 1. The summed E-state index contributed by atoms with van der Waals surface area (Å²) < 4.78 is 0. The SMILES string of the molecule is Cc1cccc2c(=O)[nH]c(CN3CCC[C@H]3CO)nc12. The van der Waals surface area contributed by atoms with Gasteiger partial charge in [0.05, 0.1) is 24.1 Å². The van der Waals surface area contributed by atoms with Crippen LogP contribution in [0.25, 0.3) is 10.9 Å². The van der Waals surface area contributed by atoms with Crippen LogP contribution in [0, 0.1) is 6.92 Å². The lowest BCUT2D eigenvalue weighted by Crippen LogP contribution is -2.33. The second-order valence-corrected chi connectivity index (χ2v) is 5.43. The van der Waals surface area contributed by atoms with Gasteiger partial charge in [-0.25, -0.2) is 4.98 Å². The molecule has 0 spiro atoms. The van der Waals surface area contributed by atoms with E-state index in [4.69, 9.17) is 0 Å².